The summed E-state index contributed by atoms with van der Waals surface area (Å²) in [5.41, 5.74) is 1.01. The Labute approximate surface area is 113 Å². The van der Waals surface area contributed by atoms with Gasteiger partial charge < -0.3 is 15.4 Å². The van der Waals surface area contributed by atoms with Gasteiger partial charge >= 0.3 is 6.09 Å². The number of alkyl carbamates (subject to hydrolysis) is 1. The zero-order valence-corrected chi connectivity index (χ0v) is 11.0. The van der Waals surface area contributed by atoms with Crippen LogP contribution in [0.3, 0.4) is 0 Å². The minimum Gasteiger partial charge on any atom is -0.445 e. The van der Waals surface area contributed by atoms with Crippen LogP contribution in [0, 0.1) is 11.8 Å². The number of amides is 1. The zero-order valence-electron chi connectivity index (χ0n) is 11.0. The summed E-state index contributed by atoms with van der Waals surface area (Å²) in [6.07, 6.45) is 2.22. The number of rotatable bonds is 3. The van der Waals surface area contributed by atoms with Gasteiger partial charge in [-0.25, -0.2) is 4.79 Å². The molecule has 19 heavy (non-hydrogen) atoms. The molecule has 1 saturated carbocycles. The van der Waals surface area contributed by atoms with E-state index in [4.69, 9.17) is 4.74 Å². The molecule has 1 amide bonds. The summed E-state index contributed by atoms with van der Waals surface area (Å²) in [7, 11) is 0. The predicted molar refractivity (Wildman–Crippen MR) is 72.6 cm³/mol. The van der Waals surface area contributed by atoms with Crippen molar-refractivity contribution in [2.75, 3.05) is 13.1 Å². The molecular formula is C15H20N2O2. The van der Waals surface area contributed by atoms with E-state index in [1.807, 2.05) is 30.3 Å². The van der Waals surface area contributed by atoms with Crippen molar-refractivity contribution < 1.29 is 9.53 Å². The number of ether oxygens (including phenoxy) is 1. The molecule has 2 fully saturated rings. The van der Waals surface area contributed by atoms with E-state index in [1.165, 1.54) is 12.8 Å². The Morgan fingerprint density at radius 2 is 2.11 bits per heavy atom. The van der Waals surface area contributed by atoms with Crippen molar-refractivity contribution in [3.8, 4) is 0 Å². The lowest BCUT2D eigenvalue weighted by Gasteiger charge is -2.46. The second-order valence-corrected chi connectivity index (χ2v) is 5.47. The van der Waals surface area contributed by atoms with E-state index in [0.717, 1.165) is 24.6 Å². The lowest BCUT2D eigenvalue weighted by Crippen LogP contribution is -2.58. The van der Waals surface area contributed by atoms with E-state index < -0.39 is 0 Å². The molecule has 3 atom stereocenters. The van der Waals surface area contributed by atoms with Gasteiger partial charge in [0.1, 0.15) is 6.61 Å². The van der Waals surface area contributed by atoms with Gasteiger partial charge in [0.05, 0.1) is 0 Å². The van der Waals surface area contributed by atoms with E-state index in [2.05, 4.69) is 10.6 Å². The number of carbonyl (C=O) groups excluding carboxylic acids is 1. The van der Waals surface area contributed by atoms with Crippen LogP contribution in [0.4, 0.5) is 4.79 Å². The number of benzene rings is 1. The van der Waals surface area contributed by atoms with Crippen molar-refractivity contribution in [1.82, 2.24) is 10.6 Å². The third-order valence-corrected chi connectivity index (χ3v) is 4.28. The number of nitrogens with one attached hydrogen (secondary N) is 2. The molecule has 1 aromatic carbocycles. The maximum absolute atomic E-state index is 11.8. The fourth-order valence-electron chi connectivity index (χ4n) is 3.03. The van der Waals surface area contributed by atoms with Gasteiger partial charge in [-0.2, -0.15) is 0 Å². The van der Waals surface area contributed by atoms with Crippen LogP contribution in [0.15, 0.2) is 30.3 Å². The number of piperidine rings is 1. The monoisotopic (exact) mass is 260 g/mol. The van der Waals surface area contributed by atoms with Crippen LogP contribution in [0.1, 0.15) is 18.4 Å². The van der Waals surface area contributed by atoms with E-state index in [1.54, 1.807) is 0 Å². The molecule has 0 radical (unpaired) electrons. The first kappa shape index (κ1) is 12.5. The highest BCUT2D eigenvalue weighted by Gasteiger charge is 2.40. The molecule has 1 aliphatic carbocycles. The highest BCUT2D eigenvalue weighted by Crippen LogP contribution is 2.38. The Balaban J connectivity index is 1.46. The van der Waals surface area contributed by atoms with Gasteiger partial charge in [-0.05, 0) is 36.8 Å². The largest absolute Gasteiger partial charge is 0.445 e. The third kappa shape index (κ3) is 2.89. The summed E-state index contributed by atoms with van der Waals surface area (Å²) in [6, 6.07) is 9.99. The van der Waals surface area contributed by atoms with Gasteiger partial charge in [-0.1, -0.05) is 30.3 Å². The fourth-order valence-corrected chi connectivity index (χ4v) is 3.03. The topological polar surface area (TPSA) is 50.4 Å². The molecule has 102 valence electrons. The summed E-state index contributed by atoms with van der Waals surface area (Å²) >= 11 is 0. The Hall–Kier alpha value is -1.55. The second kappa shape index (κ2) is 5.61. The highest BCUT2D eigenvalue weighted by molar-refractivity contribution is 5.67. The molecule has 1 aliphatic heterocycles. The van der Waals surface area contributed by atoms with E-state index in [9.17, 15) is 4.79 Å². The van der Waals surface area contributed by atoms with Crippen LogP contribution in [0.5, 0.6) is 0 Å². The van der Waals surface area contributed by atoms with Gasteiger partial charge in [-0.3, -0.25) is 0 Å². The number of fused-ring (bicyclic) bond motifs is 1. The van der Waals surface area contributed by atoms with Crippen LogP contribution >= 0.6 is 0 Å². The standard InChI is InChI=1S/C15H20N2O2/c18-15(19-10-11-4-2-1-3-5-11)17-14-9-16-8-12-6-7-13(12)14/h1-5,12-14,16H,6-10H2,(H,17,18)/t12-,13-,14-/m0/s1. The molecule has 1 heterocycles. The molecule has 2 N–H and O–H groups in total. The molecule has 0 spiro atoms. The molecule has 1 aromatic rings. The predicted octanol–water partition coefficient (Wildman–Crippen LogP) is 1.91. The first-order valence-electron chi connectivity index (χ1n) is 7.01. The Morgan fingerprint density at radius 1 is 1.26 bits per heavy atom. The lowest BCUT2D eigenvalue weighted by atomic mass is 9.68. The second-order valence-electron chi connectivity index (χ2n) is 5.47. The summed E-state index contributed by atoms with van der Waals surface area (Å²) in [5, 5.41) is 6.37. The maximum atomic E-state index is 11.8. The number of hydrogen-bond acceptors (Lipinski definition) is 3. The van der Waals surface area contributed by atoms with Gasteiger partial charge in [0.25, 0.3) is 0 Å². The Morgan fingerprint density at radius 3 is 2.84 bits per heavy atom. The maximum Gasteiger partial charge on any atom is 0.407 e. The third-order valence-electron chi connectivity index (χ3n) is 4.28. The summed E-state index contributed by atoms with van der Waals surface area (Å²) in [6.45, 7) is 2.30. The van der Waals surface area contributed by atoms with E-state index in [0.29, 0.717) is 12.5 Å². The zero-order chi connectivity index (χ0) is 13.1. The Kier molecular flexibility index (Phi) is 3.69. The van der Waals surface area contributed by atoms with Crippen LogP contribution in [-0.4, -0.2) is 25.2 Å². The van der Waals surface area contributed by atoms with Crippen molar-refractivity contribution in [1.29, 1.82) is 0 Å². The van der Waals surface area contributed by atoms with Crippen molar-refractivity contribution >= 4 is 6.09 Å². The molecule has 1 saturated heterocycles. The van der Waals surface area contributed by atoms with Gasteiger partial charge in [0.15, 0.2) is 0 Å². The van der Waals surface area contributed by atoms with Crippen LogP contribution < -0.4 is 10.6 Å². The fraction of sp³-hybridized carbons (Fsp3) is 0.533. The normalized spacial score (nSPS) is 28.9. The van der Waals surface area contributed by atoms with E-state index >= 15 is 0 Å². The SMILES string of the molecule is O=C(N[C@H]1CNC[C@@H]2CC[C@@H]21)OCc1ccccc1. The molecule has 4 heteroatoms. The summed E-state index contributed by atoms with van der Waals surface area (Å²) in [5.74, 6) is 1.39. The molecule has 0 unspecified atom stereocenters. The molecule has 3 rings (SSSR count). The molecular weight excluding hydrogens is 240 g/mol. The van der Waals surface area contributed by atoms with Gasteiger partial charge in [-0.15, -0.1) is 0 Å². The van der Waals surface area contributed by atoms with Crippen molar-refractivity contribution in [3.63, 3.8) is 0 Å². The quantitative estimate of drug-likeness (QED) is 0.873. The van der Waals surface area contributed by atoms with Crippen molar-refractivity contribution in [3.05, 3.63) is 35.9 Å². The molecule has 4 nitrogen and oxygen atoms in total. The smallest absolute Gasteiger partial charge is 0.407 e. The first-order valence-corrected chi connectivity index (χ1v) is 7.01. The minimum absolute atomic E-state index is 0.232. The van der Waals surface area contributed by atoms with Gasteiger partial charge in [0, 0.05) is 12.6 Å². The summed E-state index contributed by atoms with van der Waals surface area (Å²) < 4.78 is 5.26. The minimum atomic E-state index is -0.303. The van der Waals surface area contributed by atoms with Crippen LogP contribution in [0.2, 0.25) is 0 Å². The Bertz CT molecular complexity index is 435. The first-order chi connectivity index (χ1) is 9.33. The number of carbonyl (C=O) groups is 1. The van der Waals surface area contributed by atoms with Gasteiger partial charge in [0.2, 0.25) is 0 Å². The van der Waals surface area contributed by atoms with Crippen molar-refractivity contribution in [2.24, 2.45) is 11.8 Å². The average molecular weight is 260 g/mol. The lowest BCUT2D eigenvalue weighted by molar-refractivity contribution is 0.0769. The van der Waals surface area contributed by atoms with Crippen LogP contribution in [-0.2, 0) is 11.3 Å². The molecule has 2 aliphatic rings. The summed E-state index contributed by atoms with van der Waals surface area (Å²) in [4.78, 5) is 11.8. The van der Waals surface area contributed by atoms with Crippen LogP contribution in [0.25, 0.3) is 0 Å². The van der Waals surface area contributed by atoms with Crippen molar-refractivity contribution in [2.45, 2.75) is 25.5 Å². The average Bonchev–Trinajstić information content (AvgIpc) is 2.40. The molecule has 0 aromatic heterocycles. The molecule has 0 bridgehead atoms. The van der Waals surface area contributed by atoms with E-state index in [-0.39, 0.29) is 12.1 Å². The number of hydrogen-bond donors (Lipinski definition) is 2. The highest BCUT2D eigenvalue weighted by atomic mass is 16.5.